The van der Waals surface area contributed by atoms with Crippen molar-refractivity contribution in [3.8, 4) is 0 Å². The van der Waals surface area contributed by atoms with Gasteiger partial charge in [0.1, 0.15) is 0 Å². The lowest BCUT2D eigenvalue weighted by Crippen LogP contribution is -2.04. The van der Waals surface area contributed by atoms with Crippen LogP contribution < -0.4 is 0 Å². The first-order valence-corrected chi connectivity index (χ1v) is 7.52. The fourth-order valence-electron chi connectivity index (χ4n) is 1.91. The number of nitrogens with zero attached hydrogens (tertiary/aromatic N) is 2. The zero-order chi connectivity index (χ0) is 14.8. The van der Waals surface area contributed by atoms with Crippen LogP contribution in [0.2, 0.25) is 0 Å². The molecule has 0 fully saturated rings. The van der Waals surface area contributed by atoms with Gasteiger partial charge in [0, 0.05) is 5.92 Å². The SMILES string of the molecule is CCc1ccc(C[C@H](C)c2noc(C(Cl)(Cl)Cl)n2)cc1. The molecule has 2 rings (SSSR count). The first-order chi connectivity index (χ1) is 9.40. The van der Waals surface area contributed by atoms with Gasteiger partial charge in [0.2, 0.25) is 0 Å². The third-order valence-corrected chi connectivity index (χ3v) is 3.58. The largest absolute Gasteiger partial charge is 0.335 e. The van der Waals surface area contributed by atoms with Crippen LogP contribution >= 0.6 is 34.8 Å². The number of alkyl halides is 3. The van der Waals surface area contributed by atoms with Crippen LogP contribution in [0.15, 0.2) is 28.8 Å². The molecule has 0 saturated carbocycles. The van der Waals surface area contributed by atoms with Crippen molar-refractivity contribution in [3.63, 3.8) is 0 Å². The summed E-state index contributed by atoms with van der Waals surface area (Å²) < 4.78 is 3.29. The Hall–Kier alpha value is -0.770. The highest BCUT2D eigenvalue weighted by Gasteiger charge is 2.31. The Morgan fingerprint density at radius 1 is 1.15 bits per heavy atom. The quantitative estimate of drug-likeness (QED) is 0.754. The van der Waals surface area contributed by atoms with Crippen LogP contribution in [0.3, 0.4) is 0 Å². The molecule has 3 nitrogen and oxygen atoms in total. The molecule has 0 N–H and O–H groups in total. The molecule has 0 aliphatic rings. The highest BCUT2D eigenvalue weighted by atomic mass is 35.6. The summed E-state index contributed by atoms with van der Waals surface area (Å²) in [6.07, 6.45) is 1.84. The van der Waals surface area contributed by atoms with Crippen molar-refractivity contribution in [2.24, 2.45) is 0 Å². The van der Waals surface area contributed by atoms with Crippen LogP contribution in [-0.2, 0) is 16.6 Å². The van der Waals surface area contributed by atoms with Crippen molar-refractivity contribution in [3.05, 3.63) is 47.1 Å². The van der Waals surface area contributed by atoms with Crippen LogP contribution in [0.5, 0.6) is 0 Å². The summed E-state index contributed by atoms with van der Waals surface area (Å²) >= 11 is 17.1. The van der Waals surface area contributed by atoms with Gasteiger partial charge in [0.15, 0.2) is 5.82 Å². The summed E-state index contributed by atoms with van der Waals surface area (Å²) in [6.45, 7) is 4.15. The van der Waals surface area contributed by atoms with Gasteiger partial charge >= 0.3 is 0 Å². The van der Waals surface area contributed by atoms with Gasteiger partial charge in [0.05, 0.1) is 0 Å². The van der Waals surface area contributed by atoms with E-state index in [0.29, 0.717) is 5.82 Å². The Kier molecular flexibility index (Phi) is 4.95. The second kappa shape index (κ2) is 6.33. The maximum absolute atomic E-state index is 5.70. The monoisotopic (exact) mass is 332 g/mol. The van der Waals surface area contributed by atoms with E-state index in [0.717, 1.165) is 12.8 Å². The highest BCUT2D eigenvalue weighted by molar-refractivity contribution is 6.66. The van der Waals surface area contributed by atoms with Gasteiger partial charge < -0.3 is 4.52 Å². The van der Waals surface area contributed by atoms with Crippen molar-refractivity contribution in [2.75, 3.05) is 0 Å². The predicted octanol–water partition coefficient (Wildman–Crippen LogP) is 4.80. The Morgan fingerprint density at radius 3 is 2.25 bits per heavy atom. The van der Waals surface area contributed by atoms with E-state index in [4.69, 9.17) is 39.3 Å². The number of halogens is 3. The lowest BCUT2D eigenvalue weighted by Gasteiger charge is -2.07. The van der Waals surface area contributed by atoms with E-state index in [9.17, 15) is 0 Å². The van der Waals surface area contributed by atoms with Gasteiger partial charge in [-0.05, 0) is 24.0 Å². The Morgan fingerprint density at radius 2 is 1.75 bits per heavy atom. The number of aromatic nitrogens is 2. The molecular weight excluding hydrogens is 319 g/mol. The second-order valence-corrected chi connectivity index (χ2v) is 7.01. The fourth-order valence-corrected chi connectivity index (χ4v) is 2.14. The summed E-state index contributed by atoms with van der Waals surface area (Å²) in [5.74, 6) is 0.643. The van der Waals surface area contributed by atoms with E-state index in [1.54, 1.807) is 0 Å². The molecule has 1 atom stereocenters. The molecule has 108 valence electrons. The van der Waals surface area contributed by atoms with Crippen LogP contribution in [-0.4, -0.2) is 10.1 Å². The van der Waals surface area contributed by atoms with Gasteiger partial charge in [0.25, 0.3) is 9.68 Å². The first-order valence-electron chi connectivity index (χ1n) is 6.38. The zero-order valence-corrected chi connectivity index (χ0v) is 13.5. The molecule has 0 aliphatic heterocycles. The molecule has 20 heavy (non-hydrogen) atoms. The summed E-state index contributed by atoms with van der Waals surface area (Å²) in [4.78, 5) is 4.14. The molecule has 1 aromatic carbocycles. The van der Waals surface area contributed by atoms with Crippen LogP contribution in [0, 0.1) is 0 Å². The maximum atomic E-state index is 5.70. The smallest absolute Gasteiger partial charge is 0.278 e. The number of rotatable bonds is 4. The standard InChI is InChI=1S/C14H15Cl3N2O/c1-3-10-4-6-11(7-5-10)8-9(2)12-18-13(20-19-12)14(15,16)17/h4-7,9H,3,8H2,1-2H3/t9-/m0/s1. The second-order valence-electron chi connectivity index (χ2n) is 4.73. The van der Waals surface area contributed by atoms with E-state index >= 15 is 0 Å². The Bertz CT molecular complexity index is 561. The van der Waals surface area contributed by atoms with Gasteiger partial charge in [-0.2, -0.15) is 4.98 Å². The summed E-state index contributed by atoms with van der Waals surface area (Å²) in [6, 6.07) is 8.49. The number of hydrogen-bond acceptors (Lipinski definition) is 3. The fraction of sp³-hybridized carbons (Fsp3) is 0.429. The molecule has 0 aliphatic carbocycles. The lowest BCUT2D eigenvalue weighted by molar-refractivity contribution is 0.374. The maximum Gasteiger partial charge on any atom is 0.278 e. The van der Waals surface area contributed by atoms with E-state index in [1.165, 1.54) is 11.1 Å². The molecule has 0 unspecified atom stereocenters. The van der Waals surface area contributed by atoms with E-state index in [1.807, 2.05) is 6.92 Å². The van der Waals surface area contributed by atoms with Crippen LogP contribution in [0.25, 0.3) is 0 Å². The molecule has 2 aromatic rings. The molecule has 0 bridgehead atoms. The summed E-state index contributed by atoms with van der Waals surface area (Å²) in [5, 5.41) is 3.87. The summed E-state index contributed by atoms with van der Waals surface area (Å²) in [7, 11) is 0. The lowest BCUT2D eigenvalue weighted by atomic mass is 9.99. The minimum Gasteiger partial charge on any atom is -0.335 e. The number of benzene rings is 1. The number of aryl methyl sites for hydroxylation is 1. The van der Waals surface area contributed by atoms with Gasteiger partial charge in [-0.1, -0.05) is 78.1 Å². The highest BCUT2D eigenvalue weighted by Crippen LogP contribution is 2.37. The Balaban J connectivity index is 2.07. The van der Waals surface area contributed by atoms with Crippen molar-refractivity contribution in [1.29, 1.82) is 0 Å². The molecule has 0 spiro atoms. The molecule has 0 amide bonds. The van der Waals surface area contributed by atoms with E-state index < -0.39 is 3.79 Å². The van der Waals surface area contributed by atoms with Crippen LogP contribution in [0.1, 0.15) is 42.6 Å². The van der Waals surface area contributed by atoms with E-state index in [2.05, 4.69) is 41.3 Å². The van der Waals surface area contributed by atoms with Crippen molar-refractivity contribution < 1.29 is 4.52 Å². The molecule has 1 aromatic heterocycles. The minimum atomic E-state index is -1.67. The van der Waals surface area contributed by atoms with Gasteiger partial charge in [-0.25, -0.2) is 0 Å². The molecular formula is C14H15Cl3N2O. The Labute approximate surface area is 133 Å². The average Bonchev–Trinajstić information content (AvgIpc) is 2.89. The van der Waals surface area contributed by atoms with Crippen LogP contribution in [0.4, 0.5) is 0 Å². The molecule has 0 radical (unpaired) electrons. The van der Waals surface area contributed by atoms with Crippen molar-refractivity contribution in [2.45, 2.75) is 36.4 Å². The topological polar surface area (TPSA) is 38.9 Å². The minimum absolute atomic E-state index is 0.00526. The van der Waals surface area contributed by atoms with Crippen molar-refractivity contribution in [1.82, 2.24) is 10.1 Å². The van der Waals surface area contributed by atoms with Crippen molar-refractivity contribution >= 4 is 34.8 Å². The van der Waals surface area contributed by atoms with E-state index in [-0.39, 0.29) is 11.8 Å². The molecule has 1 heterocycles. The average molecular weight is 334 g/mol. The molecule has 6 heteroatoms. The first kappa shape index (κ1) is 15.6. The van der Waals surface area contributed by atoms with Gasteiger partial charge in [-0.15, -0.1) is 0 Å². The van der Waals surface area contributed by atoms with Gasteiger partial charge in [-0.3, -0.25) is 0 Å². The third-order valence-electron chi connectivity index (χ3n) is 3.10. The zero-order valence-electron chi connectivity index (χ0n) is 11.2. The predicted molar refractivity (Wildman–Crippen MR) is 81.5 cm³/mol. The number of hydrogen-bond donors (Lipinski definition) is 0. The molecule has 0 saturated heterocycles. The normalized spacial score (nSPS) is 13.4. The summed E-state index contributed by atoms with van der Waals surface area (Å²) in [5.41, 5.74) is 2.54. The third kappa shape index (κ3) is 3.87.